The van der Waals surface area contributed by atoms with E-state index in [1.54, 1.807) is 32.7 Å². The molecule has 0 bridgehead atoms. The summed E-state index contributed by atoms with van der Waals surface area (Å²) in [4.78, 5) is 48.4. The molecule has 1 aliphatic heterocycles. The van der Waals surface area contributed by atoms with E-state index in [1.807, 2.05) is 24.3 Å². The maximum Gasteiger partial charge on any atom is 0.410 e. The first-order chi connectivity index (χ1) is 19.4. The number of carbonyl (C=O) groups excluding carboxylic acids is 2. The fraction of sp³-hybridized carbons (Fsp3) is 0.552. The molecule has 1 aromatic carbocycles. The molecule has 1 aliphatic carbocycles. The molecule has 41 heavy (non-hydrogen) atoms. The fourth-order valence-corrected chi connectivity index (χ4v) is 5.20. The van der Waals surface area contributed by atoms with Crippen molar-refractivity contribution in [3.8, 4) is 5.88 Å². The number of carboxylic acid groups (broad SMARTS) is 1. The first-order valence-electron chi connectivity index (χ1n) is 14.0. The lowest BCUT2D eigenvalue weighted by Gasteiger charge is -2.28. The largest absolute Gasteiger partial charge is 0.481 e. The topological polar surface area (TPSA) is 160 Å². The van der Waals surface area contributed by atoms with Gasteiger partial charge in [0, 0.05) is 32.2 Å². The predicted molar refractivity (Wildman–Crippen MR) is 154 cm³/mol. The highest BCUT2D eigenvalue weighted by Crippen LogP contribution is 2.38. The molecule has 0 saturated heterocycles. The van der Waals surface area contributed by atoms with Crippen LogP contribution in [0.3, 0.4) is 0 Å². The van der Waals surface area contributed by atoms with Crippen LogP contribution in [0.15, 0.2) is 24.3 Å². The Morgan fingerprint density at radius 3 is 2.49 bits per heavy atom. The summed E-state index contributed by atoms with van der Waals surface area (Å²) in [5.41, 5.74) is 7.65. The van der Waals surface area contributed by atoms with E-state index in [0.717, 1.165) is 31.4 Å². The van der Waals surface area contributed by atoms with E-state index >= 15 is 0 Å². The number of aromatic nitrogens is 2. The molecule has 4 rings (SSSR count). The lowest BCUT2D eigenvalue weighted by molar-refractivity contribution is -0.138. The second kappa shape index (κ2) is 12.6. The molecule has 0 unspecified atom stereocenters. The minimum atomic E-state index is -0.730. The number of nitrogen functional groups attached to an aromatic ring is 1. The van der Waals surface area contributed by atoms with Gasteiger partial charge in [0.15, 0.2) is 0 Å². The van der Waals surface area contributed by atoms with E-state index in [0.29, 0.717) is 25.6 Å². The number of nitrogens with one attached hydrogen (secondary N) is 1. The van der Waals surface area contributed by atoms with E-state index in [-0.39, 0.29) is 48.1 Å². The number of anilines is 3. The quantitative estimate of drug-likeness (QED) is 0.422. The molecule has 0 atom stereocenters. The van der Waals surface area contributed by atoms with Gasteiger partial charge in [0.2, 0.25) is 11.8 Å². The smallest absolute Gasteiger partial charge is 0.410 e. The summed E-state index contributed by atoms with van der Waals surface area (Å²) in [5, 5.41) is 12.1. The number of benzene rings is 1. The first kappa shape index (κ1) is 29.9. The number of amides is 2. The number of aliphatic carboxylic acids is 1. The molecule has 1 saturated carbocycles. The lowest BCUT2D eigenvalue weighted by atomic mass is 9.77. The van der Waals surface area contributed by atoms with Crippen LogP contribution < -0.4 is 20.7 Å². The molecule has 2 aromatic rings. The van der Waals surface area contributed by atoms with Crippen molar-refractivity contribution in [1.29, 1.82) is 0 Å². The van der Waals surface area contributed by atoms with Crippen molar-refractivity contribution in [2.45, 2.75) is 64.4 Å². The number of hydrogen-bond acceptors (Lipinski definition) is 9. The monoisotopic (exact) mass is 568 g/mol. The van der Waals surface area contributed by atoms with Crippen molar-refractivity contribution in [3.05, 3.63) is 35.4 Å². The number of likely N-dealkylation sites (N-methyl/N-ethyl adjacent to an activating group) is 1. The van der Waals surface area contributed by atoms with Gasteiger partial charge in [-0.25, -0.2) is 4.79 Å². The van der Waals surface area contributed by atoms with Crippen LogP contribution in [-0.2, 0) is 9.53 Å². The van der Waals surface area contributed by atoms with Gasteiger partial charge >= 0.3 is 12.1 Å². The number of fused-ring (bicyclic) bond motifs is 1. The maximum absolute atomic E-state index is 13.5. The van der Waals surface area contributed by atoms with Crippen molar-refractivity contribution >= 4 is 35.4 Å². The number of carboxylic acids is 1. The van der Waals surface area contributed by atoms with Crippen molar-refractivity contribution < 1.29 is 29.0 Å². The van der Waals surface area contributed by atoms with Gasteiger partial charge in [-0.2, -0.15) is 9.97 Å². The minimum Gasteiger partial charge on any atom is -0.481 e. The SMILES string of the molecule is CN(CCNc1nc(N)c2c(n1)OCCN(c1ccc([C@H]3CC[C@H](CC(=O)O)CC3)cc1)C2=O)C(=O)OC(C)(C)C. The molecular weight excluding hydrogens is 528 g/mol. The fourth-order valence-electron chi connectivity index (χ4n) is 5.20. The van der Waals surface area contributed by atoms with Crippen molar-refractivity contribution in [3.63, 3.8) is 0 Å². The Labute approximate surface area is 240 Å². The molecule has 12 heteroatoms. The molecule has 2 aliphatic rings. The number of rotatable bonds is 8. The second-order valence-electron chi connectivity index (χ2n) is 11.7. The summed E-state index contributed by atoms with van der Waals surface area (Å²) in [6, 6.07) is 7.93. The summed E-state index contributed by atoms with van der Waals surface area (Å²) in [7, 11) is 1.64. The standard InChI is InChI=1S/C29H40N6O6/c1-29(2,3)41-28(39)34(4)14-13-31-27-32-24(30)23-25(33-27)40-16-15-35(26(23)38)21-11-9-20(10-12-21)19-7-5-18(6-8-19)17-22(36)37/h9-12,18-19H,5-8,13-17H2,1-4H3,(H,36,37)(H3,30,31,32,33)/t18-,19-. The second-order valence-corrected chi connectivity index (χ2v) is 11.7. The molecule has 12 nitrogen and oxygen atoms in total. The molecule has 2 amide bonds. The third-order valence-corrected chi connectivity index (χ3v) is 7.34. The Kier molecular flexibility index (Phi) is 9.19. The molecule has 1 fully saturated rings. The Balaban J connectivity index is 1.38. The predicted octanol–water partition coefficient (Wildman–Crippen LogP) is 4.13. The van der Waals surface area contributed by atoms with Crippen LogP contribution in [0.25, 0.3) is 0 Å². The third-order valence-electron chi connectivity index (χ3n) is 7.34. The molecule has 0 radical (unpaired) electrons. The maximum atomic E-state index is 13.5. The zero-order valence-corrected chi connectivity index (χ0v) is 24.2. The molecule has 222 valence electrons. The summed E-state index contributed by atoms with van der Waals surface area (Å²) in [5.74, 6) is -0.119. The molecule has 4 N–H and O–H groups in total. The summed E-state index contributed by atoms with van der Waals surface area (Å²) in [6.45, 7) is 6.63. The van der Waals surface area contributed by atoms with E-state index in [1.165, 1.54) is 10.5 Å². The number of nitrogens with two attached hydrogens (primary N) is 1. The average Bonchev–Trinajstić information content (AvgIpc) is 3.06. The van der Waals surface area contributed by atoms with Gasteiger partial charge in [0.25, 0.3) is 5.91 Å². The van der Waals surface area contributed by atoms with E-state index in [9.17, 15) is 14.4 Å². The number of nitrogens with zero attached hydrogens (tertiary/aromatic N) is 4. The number of ether oxygens (including phenoxy) is 2. The highest BCUT2D eigenvalue weighted by atomic mass is 16.6. The molecule has 0 spiro atoms. The van der Waals surface area contributed by atoms with Crippen LogP contribution in [0.1, 0.15) is 74.7 Å². The molecule has 1 aromatic heterocycles. The number of carbonyl (C=O) groups is 3. The highest BCUT2D eigenvalue weighted by molar-refractivity contribution is 6.10. The van der Waals surface area contributed by atoms with Crippen LogP contribution in [-0.4, -0.2) is 76.8 Å². The third kappa shape index (κ3) is 7.77. The molecular formula is C29H40N6O6. The zero-order valence-electron chi connectivity index (χ0n) is 24.2. The van der Waals surface area contributed by atoms with Gasteiger partial charge in [-0.15, -0.1) is 0 Å². The van der Waals surface area contributed by atoms with Crippen LogP contribution in [0.2, 0.25) is 0 Å². The summed E-state index contributed by atoms with van der Waals surface area (Å²) < 4.78 is 11.2. The lowest BCUT2D eigenvalue weighted by Crippen LogP contribution is -2.36. The van der Waals surface area contributed by atoms with Gasteiger partial charge in [0.1, 0.15) is 23.6 Å². The molecule has 2 heterocycles. The summed E-state index contributed by atoms with van der Waals surface area (Å²) >= 11 is 0. The number of hydrogen-bond donors (Lipinski definition) is 3. The van der Waals surface area contributed by atoms with Gasteiger partial charge in [-0.05, 0) is 76.0 Å². The van der Waals surface area contributed by atoms with Crippen LogP contribution >= 0.6 is 0 Å². The highest BCUT2D eigenvalue weighted by Gasteiger charge is 2.30. The van der Waals surface area contributed by atoms with Gasteiger partial charge in [0.05, 0.1) is 6.54 Å². The Morgan fingerprint density at radius 2 is 1.85 bits per heavy atom. The van der Waals surface area contributed by atoms with Crippen molar-refractivity contribution in [1.82, 2.24) is 14.9 Å². The van der Waals surface area contributed by atoms with Crippen molar-refractivity contribution in [2.75, 3.05) is 49.2 Å². The van der Waals surface area contributed by atoms with E-state index in [2.05, 4.69) is 15.3 Å². The van der Waals surface area contributed by atoms with Crippen LogP contribution in [0.4, 0.5) is 22.2 Å². The average molecular weight is 569 g/mol. The Morgan fingerprint density at radius 1 is 1.17 bits per heavy atom. The van der Waals surface area contributed by atoms with Gasteiger partial charge < -0.3 is 35.4 Å². The van der Waals surface area contributed by atoms with E-state index < -0.39 is 17.7 Å². The Hall–Kier alpha value is -4.09. The zero-order chi connectivity index (χ0) is 29.7. The normalized spacial score (nSPS) is 19.0. The Bertz CT molecular complexity index is 1250. The van der Waals surface area contributed by atoms with Crippen molar-refractivity contribution in [2.24, 2.45) is 5.92 Å². The van der Waals surface area contributed by atoms with Gasteiger partial charge in [-0.3, -0.25) is 9.59 Å². The first-order valence-corrected chi connectivity index (χ1v) is 14.0. The van der Waals surface area contributed by atoms with Crippen LogP contribution in [0.5, 0.6) is 5.88 Å². The van der Waals surface area contributed by atoms with E-state index in [4.69, 9.17) is 20.3 Å². The minimum absolute atomic E-state index is 0.00429. The summed E-state index contributed by atoms with van der Waals surface area (Å²) in [6.07, 6.45) is 3.54. The van der Waals surface area contributed by atoms with Crippen LogP contribution in [0, 0.1) is 5.92 Å². The van der Waals surface area contributed by atoms with Gasteiger partial charge in [-0.1, -0.05) is 12.1 Å².